The molecule has 0 radical (unpaired) electrons. The van der Waals surface area contributed by atoms with E-state index >= 15 is 0 Å². The molecule has 116 valence electrons. The van der Waals surface area contributed by atoms with Crippen LogP contribution in [0.15, 0.2) is 24.3 Å². The van der Waals surface area contributed by atoms with E-state index in [0.717, 1.165) is 0 Å². The summed E-state index contributed by atoms with van der Waals surface area (Å²) in [5.41, 5.74) is 2.00. The van der Waals surface area contributed by atoms with Gasteiger partial charge in [-0.05, 0) is 45.0 Å². The number of nitrogens with zero attached hydrogens (tertiary/aromatic N) is 1. The summed E-state index contributed by atoms with van der Waals surface area (Å²) in [5, 5.41) is 0.558. The van der Waals surface area contributed by atoms with Crippen LogP contribution in [0.4, 0.5) is 10.5 Å². The molecular formula is C14H20ClN3O3. The predicted molar refractivity (Wildman–Crippen MR) is 82.0 cm³/mol. The van der Waals surface area contributed by atoms with Crippen molar-refractivity contribution >= 4 is 29.3 Å². The maximum absolute atomic E-state index is 12.3. The fourth-order valence-corrected chi connectivity index (χ4v) is 1.68. The summed E-state index contributed by atoms with van der Waals surface area (Å²) in [6.07, 6.45) is -0.465. The lowest BCUT2D eigenvalue weighted by Crippen LogP contribution is -2.40. The van der Waals surface area contributed by atoms with Crippen LogP contribution in [-0.2, 0) is 9.53 Å². The first-order valence-corrected chi connectivity index (χ1v) is 6.86. The van der Waals surface area contributed by atoms with Crippen LogP contribution in [0.1, 0.15) is 27.2 Å². The fraction of sp³-hybridized carbons (Fsp3) is 0.429. The SMILES string of the molecule is CC(C)(C)OC(=O)N(CCC(=O)NN)c1ccc(Cl)cc1. The molecule has 0 unspecified atom stereocenters. The predicted octanol–water partition coefficient (Wildman–Crippen LogP) is 2.46. The van der Waals surface area contributed by atoms with Crippen LogP contribution in [0.3, 0.4) is 0 Å². The van der Waals surface area contributed by atoms with Gasteiger partial charge in [-0.2, -0.15) is 0 Å². The first-order valence-electron chi connectivity index (χ1n) is 6.48. The van der Waals surface area contributed by atoms with Gasteiger partial charge in [0, 0.05) is 23.7 Å². The van der Waals surface area contributed by atoms with Crippen LogP contribution in [0, 0.1) is 0 Å². The van der Waals surface area contributed by atoms with Gasteiger partial charge in [0.25, 0.3) is 0 Å². The van der Waals surface area contributed by atoms with E-state index in [1.165, 1.54) is 4.90 Å². The number of nitrogens with one attached hydrogen (secondary N) is 1. The number of amides is 2. The Bertz CT molecular complexity index is 497. The van der Waals surface area contributed by atoms with Gasteiger partial charge in [-0.3, -0.25) is 15.1 Å². The van der Waals surface area contributed by atoms with Crippen molar-refractivity contribution in [2.24, 2.45) is 5.84 Å². The molecule has 0 fully saturated rings. The van der Waals surface area contributed by atoms with E-state index in [1.807, 2.05) is 5.43 Å². The maximum Gasteiger partial charge on any atom is 0.414 e. The quantitative estimate of drug-likeness (QED) is 0.508. The Morgan fingerprint density at radius 1 is 1.29 bits per heavy atom. The molecular weight excluding hydrogens is 294 g/mol. The molecule has 0 spiro atoms. The van der Waals surface area contributed by atoms with Crippen molar-refractivity contribution in [3.8, 4) is 0 Å². The van der Waals surface area contributed by atoms with Crippen LogP contribution < -0.4 is 16.2 Å². The number of hydrogen-bond donors (Lipinski definition) is 2. The highest BCUT2D eigenvalue weighted by Crippen LogP contribution is 2.21. The third-order valence-corrected chi connectivity index (χ3v) is 2.73. The van der Waals surface area contributed by atoms with Crippen LogP contribution in [-0.4, -0.2) is 24.1 Å². The first kappa shape index (κ1) is 17.3. The van der Waals surface area contributed by atoms with Crippen molar-refractivity contribution in [2.45, 2.75) is 32.8 Å². The van der Waals surface area contributed by atoms with Crippen molar-refractivity contribution in [3.63, 3.8) is 0 Å². The zero-order valence-corrected chi connectivity index (χ0v) is 13.1. The van der Waals surface area contributed by atoms with Crippen LogP contribution >= 0.6 is 11.6 Å². The Morgan fingerprint density at radius 3 is 2.33 bits per heavy atom. The van der Waals surface area contributed by atoms with Gasteiger partial charge in [-0.25, -0.2) is 10.6 Å². The molecule has 21 heavy (non-hydrogen) atoms. The van der Waals surface area contributed by atoms with E-state index in [1.54, 1.807) is 45.0 Å². The highest BCUT2D eigenvalue weighted by atomic mass is 35.5. The van der Waals surface area contributed by atoms with E-state index in [2.05, 4.69) is 0 Å². The van der Waals surface area contributed by atoms with Gasteiger partial charge >= 0.3 is 6.09 Å². The monoisotopic (exact) mass is 313 g/mol. The highest BCUT2D eigenvalue weighted by Gasteiger charge is 2.23. The second kappa shape index (κ2) is 7.28. The number of benzene rings is 1. The number of rotatable bonds is 4. The molecule has 0 aromatic heterocycles. The Labute approximate surface area is 129 Å². The molecule has 0 heterocycles. The lowest BCUT2D eigenvalue weighted by molar-refractivity contribution is -0.120. The number of halogens is 1. The number of ether oxygens (including phenoxy) is 1. The number of hydrogen-bond acceptors (Lipinski definition) is 4. The fourth-order valence-electron chi connectivity index (χ4n) is 1.55. The Balaban J connectivity index is 2.91. The van der Waals surface area contributed by atoms with Gasteiger partial charge in [0.05, 0.1) is 0 Å². The molecule has 2 amide bonds. The normalized spacial score (nSPS) is 10.9. The molecule has 1 aromatic rings. The summed E-state index contributed by atoms with van der Waals surface area (Å²) in [5.74, 6) is 4.68. The zero-order valence-electron chi connectivity index (χ0n) is 12.4. The average Bonchev–Trinajstić information content (AvgIpc) is 2.38. The third-order valence-electron chi connectivity index (χ3n) is 2.48. The molecule has 1 aromatic carbocycles. The second-order valence-corrected chi connectivity index (χ2v) is 5.86. The van der Waals surface area contributed by atoms with Gasteiger partial charge < -0.3 is 4.74 Å². The van der Waals surface area contributed by atoms with E-state index in [4.69, 9.17) is 22.2 Å². The smallest absolute Gasteiger partial charge is 0.414 e. The number of anilines is 1. The first-order chi connectivity index (χ1) is 9.73. The topological polar surface area (TPSA) is 84.7 Å². The van der Waals surface area contributed by atoms with Gasteiger partial charge in [0.2, 0.25) is 5.91 Å². The molecule has 1 rings (SSSR count). The summed E-state index contributed by atoms with van der Waals surface area (Å²) in [6, 6.07) is 6.70. The lowest BCUT2D eigenvalue weighted by Gasteiger charge is -2.27. The molecule has 7 heteroatoms. The molecule has 0 bridgehead atoms. The van der Waals surface area contributed by atoms with Crippen molar-refractivity contribution in [3.05, 3.63) is 29.3 Å². The van der Waals surface area contributed by atoms with E-state index < -0.39 is 11.7 Å². The van der Waals surface area contributed by atoms with Crippen LogP contribution in [0.5, 0.6) is 0 Å². The van der Waals surface area contributed by atoms with E-state index in [9.17, 15) is 9.59 Å². The summed E-state index contributed by atoms with van der Waals surface area (Å²) in [4.78, 5) is 24.9. The van der Waals surface area contributed by atoms with Gasteiger partial charge in [-0.1, -0.05) is 11.6 Å². The maximum atomic E-state index is 12.3. The molecule has 3 N–H and O–H groups in total. The van der Waals surface area contributed by atoms with E-state index in [-0.39, 0.29) is 18.9 Å². The Hall–Kier alpha value is -1.79. The summed E-state index contributed by atoms with van der Waals surface area (Å²) in [7, 11) is 0. The van der Waals surface area contributed by atoms with Crippen molar-refractivity contribution < 1.29 is 14.3 Å². The van der Waals surface area contributed by atoms with Crippen LogP contribution in [0.25, 0.3) is 0 Å². The summed E-state index contributed by atoms with van der Waals surface area (Å²) in [6.45, 7) is 5.48. The van der Waals surface area contributed by atoms with Crippen molar-refractivity contribution in [2.75, 3.05) is 11.4 Å². The number of nitrogens with two attached hydrogens (primary N) is 1. The lowest BCUT2D eigenvalue weighted by atomic mass is 10.2. The Morgan fingerprint density at radius 2 is 1.86 bits per heavy atom. The van der Waals surface area contributed by atoms with Gasteiger partial charge in [0.15, 0.2) is 0 Å². The third kappa shape index (κ3) is 6.01. The standard InChI is InChI=1S/C14H20ClN3O3/c1-14(2,3)21-13(20)18(9-8-12(19)17-16)11-6-4-10(15)5-7-11/h4-7H,8-9,16H2,1-3H3,(H,17,19). The van der Waals surface area contributed by atoms with E-state index in [0.29, 0.717) is 10.7 Å². The minimum atomic E-state index is -0.627. The molecule has 0 atom stereocenters. The minimum absolute atomic E-state index is 0.0678. The van der Waals surface area contributed by atoms with Crippen molar-refractivity contribution in [1.82, 2.24) is 5.43 Å². The minimum Gasteiger partial charge on any atom is -0.443 e. The highest BCUT2D eigenvalue weighted by molar-refractivity contribution is 6.30. The summed E-state index contributed by atoms with van der Waals surface area (Å²) < 4.78 is 5.34. The van der Waals surface area contributed by atoms with Gasteiger partial charge in [0.1, 0.15) is 5.60 Å². The number of carbonyl (C=O) groups is 2. The van der Waals surface area contributed by atoms with Gasteiger partial charge in [-0.15, -0.1) is 0 Å². The zero-order chi connectivity index (χ0) is 16.0. The molecule has 0 saturated carbocycles. The molecule has 0 aliphatic heterocycles. The number of carbonyl (C=O) groups excluding carboxylic acids is 2. The molecule has 6 nitrogen and oxygen atoms in total. The molecule has 0 saturated heterocycles. The summed E-state index contributed by atoms with van der Waals surface area (Å²) >= 11 is 5.84. The Kier molecular flexibility index (Phi) is 5.99. The second-order valence-electron chi connectivity index (χ2n) is 5.43. The van der Waals surface area contributed by atoms with Crippen LogP contribution in [0.2, 0.25) is 5.02 Å². The van der Waals surface area contributed by atoms with Crippen molar-refractivity contribution in [1.29, 1.82) is 0 Å². The average molecular weight is 314 g/mol. The molecule has 0 aliphatic carbocycles. The largest absolute Gasteiger partial charge is 0.443 e. The number of hydrazine groups is 1. The molecule has 0 aliphatic rings.